The molecule has 2 heterocycles. The van der Waals surface area contributed by atoms with Crippen LogP contribution in [0.15, 0.2) is 24.3 Å². The van der Waals surface area contributed by atoms with Crippen molar-refractivity contribution in [3.8, 4) is 0 Å². The van der Waals surface area contributed by atoms with Crippen LogP contribution >= 0.6 is 11.3 Å². The van der Waals surface area contributed by atoms with E-state index in [2.05, 4.69) is 5.32 Å². The number of hydrogen-bond donors (Lipinski definition) is 2. The molecule has 2 aliphatic carbocycles. The number of nitro groups is 1. The van der Waals surface area contributed by atoms with Crippen LogP contribution in [0.25, 0.3) is 10.2 Å². The molecule has 9 heteroatoms. The highest BCUT2D eigenvalue weighted by Gasteiger charge is 2.30. The highest BCUT2D eigenvalue weighted by atomic mass is 32.1. The number of hydrogen-bond acceptors (Lipinski definition) is 7. The van der Waals surface area contributed by atoms with Gasteiger partial charge in [-0.2, -0.15) is 0 Å². The fourth-order valence-corrected chi connectivity index (χ4v) is 6.32. The van der Waals surface area contributed by atoms with Crippen molar-refractivity contribution in [2.75, 3.05) is 5.32 Å². The summed E-state index contributed by atoms with van der Waals surface area (Å²) in [6, 6.07) is 6.65. The van der Waals surface area contributed by atoms with Gasteiger partial charge in [-0.1, -0.05) is 12.1 Å². The third-order valence-corrected chi connectivity index (χ3v) is 8.04. The number of aromatic nitrogens is 2. The van der Waals surface area contributed by atoms with Crippen molar-refractivity contribution >= 4 is 39.0 Å². The maximum atomic E-state index is 11.3. The number of fused-ring (bicyclic) bond motifs is 3. The highest BCUT2D eigenvalue weighted by molar-refractivity contribution is 7.19. The van der Waals surface area contributed by atoms with Crippen LogP contribution in [0.2, 0.25) is 0 Å². The van der Waals surface area contributed by atoms with Crippen molar-refractivity contribution in [2.24, 2.45) is 5.92 Å². The maximum Gasteiger partial charge on any atom is 0.306 e. The second-order valence-electron chi connectivity index (χ2n) is 8.99. The fraction of sp³-hybridized carbons (Fsp3) is 0.458. The number of nitrogens with one attached hydrogen (secondary N) is 1. The third kappa shape index (κ3) is 4.42. The summed E-state index contributed by atoms with van der Waals surface area (Å²) < 4.78 is 0. The molecule has 1 fully saturated rings. The summed E-state index contributed by atoms with van der Waals surface area (Å²) in [5.41, 5.74) is 2.23. The first kappa shape index (κ1) is 21.8. The Labute approximate surface area is 195 Å². The molecule has 1 aromatic carbocycles. The quantitative estimate of drug-likeness (QED) is 0.366. The molecule has 2 aromatic heterocycles. The van der Waals surface area contributed by atoms with E-state index in [0.717, 1.165) is 59.5 Å². The number of rotatable bonds is 6. The second kappa shape index (κ2) is 9.05. The average Bonchev–Trinajstić information content (AvgIpc) is 3.21. The number of benzene rings is 1. The number of aliphatic carboxylic acids is 1. The van der Waals surface area contributed by atoms with Crippen LogP contribution in [0.5, 0.6) is 0 Å². The summed E-state index contributed by atoms with van der Waals surface area (Å²) in [5.74, 6) is 0.746. The molecule has 0 aliphatic heterocycles. The molecule has 0 bridgehead atoms. The van der Waals surface area contributed by atoms with E-state index in [1.54, 1.807) is 23.5 Å². The summed E-state index contributed by atoms with van der Waals surface area (Å²) in [4.78, 5) is 34.4. The molecule has 1 saturated carbocycles. The standard InChI is InChI=1S/C24H26N4O4S/c29-24(30)16-10-8-15(9-11-16)21-26-22(25-13-14-4-3-5-17(12-14)28(31)32)20-18-6-1-2-7-19(18)33-23(20)27-21/h3-5,12,15-16H,1-2,6-11,13H2,(H,29,30)(H,25,26,27). The third-order valence-electron chi connectivity index (χ3n) is 6.85. The van der Waals surface area contributed by atoms with Gasteiger partial charge in [-0.3, -0.25) is 14.9 Å². The molecular formula is C24H26N4O4S. The fourth-order valence-electron chi connectivity index (χ4n) is 5.05. The minimum Gasteiger partial charge on any atom is -0.481 e. The van der Waals surface area contributed by atoms with Crippen LogP contribution < -0.4 is 5.32 Å². The lowest BCUT2D eigenvalue weighted by Gasteiger charge is -2.25. The molecule has 33 heavy (non-hydrogen) atoms. The maximum absolute atomic E-state index is 11.3. The van der Waals surface area contributed by atoms with E-state index in [9.17, 15) is 20.0 Å². The predicted octanol–water partition coefficient (Wildman–Crippen LogP) is 5.45. The van der Waals surface area contributed by atoms with Gasteiger partial charge in [0.15, 0.2) is 0 Å². The molecule has 2 aliphatic rings. The summed E-state index contributed by atoms with van der Waals surface area (Å²) in [5, 5.41) is 25.0. The molecule has 8 nitrogen and oxygen atoms in total. The molecule has 172 valence electrons. The Kier molecular flexibility index (Phi) is 5.97. The SMILES string of the molecule is O=C(O)C1CCC(c2nc(NCc3cccc([N+](=O)[O-])c3)c3c4c(sc3n2)CCCC4)CC1. The van der Waals surface area contributed by atoms with Gasteiger partial charge in [0.1, 0.15) is 16.5 Å². The van der Waals surface area contributed by atoms with Crippen LogP contribution in [0, 0.1) is 16.0 Å². The summed E-state index contributed by atoms with van der Waals surface area (Å²) in [7, 11) is 0. The van der Waals surface area contributed by atoms with Crippen molar-refractivity contribution in [1.82, 2.24) is 9.97 Å². The smallest absolute Gasteiger partial charge is 0.306 e. The largest absolute Gasteiger partial charge is 0.481 e. The number of nitrogens with zero attached hydrogens (tertiary/aromatic N) is 3. The molecule has 0 spiro atoms. The predicted molar refractivity (Wildman–Crippen MR) is 127 cm³/mol. The topological polar surface area (TPSA) is 118 Å². The van der Waals surface area contributed by atoms with Crippen LogP contribution in [-0.4, -0.2) is 26.0 Å². The Bertz CT molecular complexity index is 1220. The summed E-state index contributed by atoms with van der Waals surface area (Å²) in [6.07, 6.45) is 7.29. The molecule has 2 N–H and O–H groups in total. The van der Waals surface area contributed by atoms with Gasteiger partial charge in [0.2, 0.25) is 0 Å². The minimum absolute atomic E-state index is 0.0749. The lowest BCUT2D eigenvalue weighted by molar-refractivity contribution is -0.384. The van der Waals surface area contributed by atoms with Gasteiger partial charge in [-0.15, -0.1) is 11.3 Å². The number of carboxylic acids is 1. The van der Waals surface area contributed by atoms with Crippen molar-refractivity contribution in [3.63, 3.8) is 0 Å². The molecule has 0 amide bonds. The van der Waals surface area contributed by atoms with E-state index >= 15 is 0 Å². The normalized spacial score (nSPS) is 20.4. The lowest BCUT2D eigenvalue weighted by Crippen LogP contribution is -2.21. The first-order valence-corrected chi connectivity index (χ1v) is 12.3. The zero-order chi connectivity index (χ0) is 22.9. The second-order valence-corrected chi connectivity index (χ2v) is 10.1. The first-order valence-electron chi connectivity index (χ1n) is 11.5. The molecule has 0 unspecified atom stereocenters. The Morgan fingerprint density at radius 3 is 2.73 bits per heavy atom. The van der Waals surface area contributed by atoms with E-state index in [1.807, 2.05) is 6.07 Å². The Hall–Kier alpha value is -3.07. The van der Waals surface area contributed by atoms with E-state index in [4.69, 9.17) is 9.97 Å². The van der Waals surface area contributed by atoms with Crippen molar-refractivity contribution in [1.29, 1.82) is 0 Å². The molecular weight excluding hydrogens is 440 g/mol. The Morgan fingerprint density at radius 2 is 1.97 bits per heavy atom. The van der Waals surface area contributed by atoms with Crippen LogP contribution in [0.4, 0.5) is 11.5 Å². The number of carboxylic acid groups (broad SMARTS) is 1. The van der Waals surface area contributed by atoms with E-state index in [0.29, 0.717) is 19.4 Å². The van der Waals surface area contributed by atoms with Crippen LogP contribution in [0.3, 0.4) is 0 Å². The van der Waals surface area contributed by atoms with Crippen LogP contribution in [-0.2, 0) is 24.2 Å². The summed E-state index contributed by atoms with van der Waals surface area (Å²) in [6.45, 7) is 0.434. The number of thiophene rings is 1. The summed E-state index contributed by atoms with van der Waals surface area (Å²) >= 11 is 1.75. The van der Waals surface area contributed by atoms with Gasteiger partial charge in [-0.25, -0.2) is 9.97 Å². The van der Waals surface area contributed by atoms with Crippen molar-refractivity contribution in [3.05, 3.63) is 56.2 Å². The minimum atomic E-state index is -0.713. The number of carbonyl (C=O) groups is 1. The van der Waals surface area contributed by atoms with Gasteiger partial charge in [0.25, 0.3) is 5.69 Å². The van der Waals surface area contributed by atoms with Crippen molar-refractivity contribution < 1.29 is 14.8 Å². The zero-order valence-electron chi connectivity index (χ0n) is 18.2. The van der Waals surface area contributed by atoms with Gasteiger partial charge >= 0.3 is 5.97 Å². The Balaban J connectivity index is 1.47. The lowest BCUT2D eigenvalue weighted by atomic mass is 9.81. The monoisotopic (exact) mass is 466 g/mol. The number of anilines is 1. The number of non-ortho nitro benzene ring substituents is 1. The number of nitro benzene ring substituents is 1. The average molecular weight is 467 g/mol. The van der Waals surface area contributed by atoms with Crippen LogP contribution in [0.1, 0.15) is 66.3 Å². The molecule has 3 aromatic rings. The number of aryl methyl sites for hydroxylation is 2. The van der Waals surface area contributed by atoms with E-state index in [1.165, 1.54) is 22.9 Å². The van der Waals surface area contributed by atoms with E-state index < -0.39 is 5.97 Å². The Morgan fingerprint density at radius 1 is 1.18 bits per heavy atom. The van der Waals surface area contributed by atoms with Gasteiger partial charge < -0.3 is 10.4 Å². The molecule has 5 rings (SSSR count). The van der Waals surface area contributed by atoms with Gasteiger partial charge in [0.05, 0.1) is 16.2 Å². The molecule has 0 atom stereocenters. The van der Waals surface area contributed by atoms with Gasteiger partial charge in [0, 0.05) is 29.5 Å². The van der Waals surface area contributed by atoms with E-state index in [-0.39, 0.29) is 22.4 Å². The zero-order valence-corrected chi connectivity index (χ0v) is 19.1. The molecule has 0 saturated heterocycles. The van der Waals surface area contributed by atoms with Crippen molar-refractivity contribution in [2.45, 2.75) is 63.8 Å². The van der Waals surface area contributed by atoms with Gasteiger partial charge in [-0.05, 0) is 62.5 Å². The highest BCUT2D eigenvalue weighted by Crippen LogP contribution is 2.41. The first-order chi connectivity index (χ1) is 16.0. The molecule has 0 radical (unpaired) electrons.